The average molecular weight is 328 g/mol. The summed E-state index contributed by atoms with van der Waals surface area (Å²) in [7, 11) is 0. The number of nitrogens with zero attached hydrogens (tertiary/aromatic N) is 2. The summed E-state index contributed by atoms with van der Waals surface area (Å²) in [4.78, 5) is 23.8. The molecule has 0 spiro atoms. The van der Waals surface area contributed by atoms with E-state index in [9.17, 15) is 28.1 Å². The zero-order chi connectivity index (χ0) is 17.2. The first-order chi connectivity index (χ1) is 10.7. The Labute approximate surface area is 126 Å². The molecule has 0 aliphatic heterocycles. The third kappa shape index (κ3) is 3.73. The molecule has 1 aromatic carbocycles. The molecule has 0 saturated carbocycles. The number of aromatic carboxylic acids is 1. The second-order valence-electron chi connectivity index (χ2n) is 4.22. The largest absolute Gasteiger partial charge is 0.477 e. The molecule has 0 fully saturated rings. The summed E-state index contributed by atoms with van der Waals surface area (Å²) >= 11 is 0. The fourth-order valence-electron chi connectivity index (χ4n) is 1.64. The molecule has 23 heavy (non-hydrogen) atoms. The van der Waals surface area contributed by atoms with Crippen LogP contribution >= 0.6 is 0 Å². The van der Waals surface area contributed by atoms with Crippen molar-refractivity contribution in [2.24, 2.45) is 0 Å². The van der Waals surface area contributed by atoms with E-state index in [2.05, 4.69) is 4.98 Å². The molecule has 1 aromatic heterocycles. The smallest absolute Gasteiger partial charge is 0.420 e. The first-order valence-corrected chi connectivity index (χ1v) is 5.91. The third-order valence-corrected chi connectivity index (χ3v) is 2.66. The minimum Gasteiger partial charge on any atom is -0.477 e. The topological polar surface area (TPSA) is 103 Å². The molecular formula is C13H7F3N2O5. The van der Waals surface area contributed by atoms with Gasteiger partial charge in [0.05, 0.1) is 11.1 Å². The van der Waals surface area contributed by atoms with Crippen LogP contribution in [0.2, 0.25) is 0 Å². The van der Waals surface area contributed by atoms with Gasteiger partial charge < -0.3 is 9.84 Å². The number of nitro groups is 1. The van der Waals surface area contributed by atoms with E-state index in [4.69, 9.17) is 9.84 Å². The van der Waals surface area contributed by atoms with Gasteiger partial charge in [0, 0.05) is 12.1 Å². The quantitative estimate of drug-likeness (QED) is 0.680. The fraction of sp³-hybridized carbons (Fsp3) is 0.0769. The van der Waals surface area contributed by atoms with Crippen molar-refractivity contribution in [2.45, 2.75) is 6.18 Å². The number of nitro benzene ring substituents is 1. The second kappa shape index (κ2) is 5.91. The Morgan fingerprint density at radius 1 is 1.26 bits per heavy atom. The molecule has 0 bridgehead atoms. The Balaban J connectivity index is 2.39. The van der Waals surface area contributed by atoms with Crippen molar-refractivity contribution < 1.29 is 32.7 Å². The molecule has 0 radical (unpaired) electrons. The van der Waals surface area contributed by atoms with Crippen LogP contribution in [0.15, 0.2) is 36.5 Å². The fourth-order valence-corrected chi connectivity index (χ4v) is 1.64. The van der Waals surface area contributed by atoms with Crippen LogP contribution in [0.1, 0.15) is 16.1 Å². The highest BCUT2D eigenvalue weighted by Gasteiger charge is 2.36. The van der Waals surface area contributed by atoms with Crippen molar-refractivity contribution >= 4 is 11.7 Å². The van der Waals surface area contributed by atoms with Crippen LogP contribution in [0.4, 0.5) is 18.9 Å². The van der Waals surface area contributed by atoms with E-state index >= 15 is 0 Å². The van der Waals surface area contributed by atoms with Crippen LogP contribution in [-0.2, 0) is 6.18 Å². The number of ether oxygens (including phenoxy) is 1. The van der Waals surface area contributed by atoms with E-state index in [0.717, 1.165) is 30.5 Å². The Morgan fingerprint density at radius 2 is 1.96 bits per heavy atom. The number of carboxylic acids is 1. The molecule has 0 atom stereocenters. The van der Waals surface area contributed by atoms with E-state index in [1.165, 1.54) is 0 Å². The molecule has 1 N–H and O–H groups in total. The molecule has 2 aromatic rings. The van der Waals surface area contributed by atoms with Gasteiger partial charge >= 0.3 is 12.1 Å². The number of hydrogen-bond acceptors (Lipinski definition) is 5. The lowest BCUT2D eigenvalue weighted by molar-refractivity contribution is -0.385. The lowest BCUT2D eigenvalue weighted by Gasteiger charge is -2.13. The average Bonchev–Trinajstić information content (AvgIpc) is 2.46. The minimum absolute atomic E-state index is 0.144. The number of benzene rings is 1. The molecular weight excluding hydrogens is 321 g/mol. The highest BCUT2D eigenvalue weighted by atomic mass is 19.4. The maximum atomic E-state index is 13.0. The van der Waals surface area contributed by atoms with Crippen molar-refractivity contribution in [1.29, 1.82) is 0 Å². The number of aromatic nitrogens is 1. The van der Waals surface area contributed by atoms with Crippen molar-refractivity contribution in [2.75, 3.05) is 0 Å². The molecule has 2 rings (SSSR count). The molecule has 0 saturated heterocycles. The van der Waals surface area contributed by atoms with Gasteiger partial charge in [0.15, 0.2) is 0 Å². The SMILES string of the molecule is O=C(O)c1ccc(Oc2ccc([N+](=O)[O-])cc2C(F)(F)F)cn1. The van der Waals surface area contributed by atoms with E-state index < -0.39 is 34.1 Å². The van der Waals surface area contributed by atoms with E-state index in [1.807, 2.05) is 0 Å². The highest BCUT2D eigenvalue weighted by Crippen LogP contribution is 2.39. The summed E-state index contributed by atoms with van der Waals surface area (Å²) in [5.41, 5.74) is -2.37. The summed E-state index contributed by atoms with van der Waals surface area (Å²) in [6, 6.07) is 4.21. The zero-order valence-electron chi connectivity index (χ0n) is 11.1. The van der Waals surface area contributed by atoms with Gasteiger partial charge in [-0.3, -0.25) is 10.1 Å². The number of carboxylic acid groups (broad SMARTS) is 1. The Hall–Kier alpha value is -3.17. The second-order valence-corrected chi connectivity index (χ2v) is 4.22. The number of hydrogen-bond donors (Lipinski definition) is 1. The number of alkyl halides is 3. The number of halogens is 3. The van der Waals surface area contributed by atoms with E-state index in [-0.39, 0.29) is 11.4 Å². The normalized spacial score (nSPS) is 11.1. The van der Waals surface area contributed by atoms with Crippen molar-refractivity contribution in [3.05, 3.63) is 57.9 Å². The molecule has 0 amide bonds. The van der Waals surface area contributed by atoms with Crippen LogP contribution in [0, 0.1) is 10.1 Å². The number of rotatable bonds is 4. The van der Waals surface area contributed by atoms with Crippen LogP contribution in [0.25, 0.3) is 0 Å². The van der Waals surface area contributed by atoms with Crippen LogP contribution in [0.3, 0.4) is 0 Å². The minimum atomic E-state index is -4.87. The van der Waals surface area contributed by atoms with Gasteiger partial charge in [-0.2, -0.15) is 13.2 Å². The standard InChI is InChI=1S/C13H7F3N2O5/c14-13(15,16)9-5-7(18(21)22)1-4-11(9)23-8-2-3-10(12(19)20)17-6-8/h1-6H,(H,19,20). The predicted molar refractivity (Wildman–Crippen MR) is 69.4 cm³/mol. The van der Waals surface area contributed by atoms with Gasteiger partial charge in [0.25, 0.3) is 5.69 Å². The van der Waals surface area contributed by atoms with Gasteiger partial charge in [0.2, 0.25) is 0 Å². The molecule has 7 nitrogen and oxygen atoms in total. The maximum absolute atomic E-state index is 13.0. The van der Waals surface area contributed by atoms with Gasteiger partial charge in [-0.25, -0.2) is 9.78 Å². The first kappa shape index (κ1) is 16.2. The zero-order valence-corrected chi connectivity index (χ0v) is 11.1. The number of carbonyl (C=O) groups is 1. The highest BCUT2D eigenvalue weighted by molar-refractivity contribution is 5.85. The van der Waals surface area contributed by atoms with Crippen LogP contribution in [0.5, 0.6) is 11.5 Å². The Kier molecular flexibility index (Phi) is 4.16. The summed E-state index contributed by atoms with van der Waals surface area (Å²) < 4.78 is 43.9. The monoisotopic (exact) mass is 328 g/mol. The summed E-state index contributed by atoms with van der Waals surface area (Å²) in [5, 5.41) is 19.3. The van der Waals surface area contributed by atoms with Gasteiger partial charge in [-0.15, -0.1) is 0 Å². The summed E-state index contributed by atoms with van der Waals surface area (Å²) in [6.07, 6.45) is -3.93. The third-order valence-electron chi connectivity index (χ3n) is 2.66. The van der Waals surface area contributed by atoms with Gasteiger partial charge in [-0.1, -0.05) is 0 Å². The van der Waals surface area contributed by atoms with Crippen molar-refractivity contribution in [3.63, 3.8) is 0 Å². The molecule has 120 valence electrons. The number of pyridine rings is 1. The number of non-ortho nitro benzene ring substituents is 1. The van der Waals surface area contributed by atoms with Crippen LogP contribution < -0.4 is 4.74 Å². The Bertz CT molecular complexity index is 759. The predicted octanol–water partition coefficient (Wildman–Crippen LogP) is 3.50. The lowest BCUT2D eigenvalue weighted by atomic mass is 10.1. The first-order valence-electron chi connectivity index (χ1n) is 5.91. The molecule has 0 aliphatic carbocycles. The van der Waals surface area contributed by atoms with Gasteiger partial charge in [-0.05, 0) is 18.2 Å². The molecule has 10 heteroatoms. The molecule has 0 unspecified atom stereocenters. The van der Waals surface area contributed by atoms with Crippen molar-refractivity contribution in [3.8, 4) is 11.5 Å². The maximum Gasteiger partial charge on any atom is 0.420 e. The van der Waals surface area contributed by atoms with Crippen molar-refractivity contribution in [1.82, 2.24) is 4.98 Å². The lowest BCUT2D eigenvalue weighted by Crippen LogP contribution is -2.08. The van der Waals surface area contributed by atoms with Crippen LogP contribution in [-0.4, -0.2) is 21.0 Å². The molecule has 1 heterocycles. The Morgan fingerprint density at radius 3 is 2.43 bits per heavy atom. The van der Waals surface area contributed by atoms with E-state index in [1.54, 1.807) is 0 Å². The summed E-state index contributed by atoms with van der Waals surface area (Å²) in [6.45, 7) is 0. The van der Waals surface area contributed by atoms with Gasteiger partial charge in [0.1, 0.15) is 22.8 Å². The van der Waals surface area contributed by atoms with E-state index in [0.29, 0.717) is 6.07 Å². The molecule has 0 aliphatic rings. The summed E-state index contributed by atoms with van der Waals surface area (Å²) in [5.74, 6) is -2.11.